The van der Waals surface area contributed by atoms with E-state index in [2.05, 4.69) is 15.3 Å². The van der Waals surface area contributed by atoms with Crippen LogP contribution in [-0.4, -0.2) is 22.4 Å². The molecule has 0 saturated carbocycles. The molecule has 3 N–H and O–H groups in total. The van der Waals surface area contributed by atoms with E-state index in [1.807, 2.05) is 6.92 Å². The van der Waals surface area contributed by atoms with Gasteiger partial charge < -0.3 is 15.3 Å². The zero-order chi connectivity index (χ0) is 19.9. The molecule has 27 heavy (non-hydrogen) atoms. The van der Waals surface area contributed by atoms with Crippen molar-refractivity contribution in [3.8, 4) is 0 Å². The summed E-state index contributed by atoms with van der Waals surface area (Å²) >= 11 is 0. The quantitative estimate of drug-likeness (QED) is 0.656. The summed E-state index contributed by atoms with van der Waals surface area (Å²) < 4.78 is 27.4. The van der Waals surface area contributed by atoms with Gasteiger partial charge in [0.05, 0.1) is 5.52 Å². The zero-order valence-electron chi connectivity index (χ0n) is 15.6. The van der Waals surface area contributed by atoms with Crippen molar-refractivity contribution in [1.29, 1.82) is 0 Å². The molecule has 0 radical (unpaired) electrons. The minimum atomic E-state index is -0.652. The highest BCUT2D eigenvalue weighted by atomic mass is 19.1. The fourth-order valence-electron chi connectivity index (χ4n) is 3.35. The second-order valence-electron chi connectivity index (χ2n) is 6.75. The number of fused-ring (bicyclic) bond motifs is 1. The number of aromatic amines is 2. The Morgan fingerprint density at radius 3 is 2.44 bits per heavy atom. The summed E-state index contributed by atoms with van der Waals surface area (Å²) in [6, 6.07) is 2.11. The molecular weight excluding hydrogens is 352 g/mol. The minimum Gasteiger partial charge on any atom is -0.356 e. The number of carbonyl (C=O) groups excluding carboxylic acids is 1. The fourth-order valence-corrected chi connectivity index (χ4v) is 3.35. The lowest BCUT2D eigenvalue weighted by Crippen LogP contribution is -2.33. The molecule has 1 aromatic carbocycles. The van der Waals surface area contributed by atoms with Gasteiger partial charge in [-0.15, -0.1) is 0 Å². The van der Waals surface area contributed by atoms with Crippen molar-refractivity contribution >= 4 is 16.8 Å². The van der Waals surface area contributed by atoms with Gasteiger partial charge in [0.15, 0.2) is 0 Å². The van der Waals surface area contributed by atoms with Crippen molar-refractivity contribution < 1.29 is 13.6 Å². The number of aromatic nitrogens is 2. The van der Waals surface area contributed by atoms with Gasteiger partial charge in [-0.3, -0.25) is 9.59 Å². The lowest BCUT2D eigenvalue weighted by atomic mass is 10.0. The van der Waals surface area contributed by atoms with Crippen LogP contribution in [-0.2, 0) is 6.42 Å². The molecule has 3 aromatic rings. The molecule has 142 valence electrons. The van der Waals surface area contributed by atoms with E-state index >= 15 is 0 Å². The molecule has 0 atom stereocenters. The first-order valence-electron chi connectivity index (χ1n) is 8.65. The third-order valence-electron chi connectivity index (χ3n) is 5.06. The third kappa shape index (κ3) is 3.37. The smallest absolute Gasteiger partial charge is 0.261 e. The van der Waals surface area contributed by atoms with E-state index in [0.717, 1.165) is 22.9 Å². The molecule has 0 fully saturated rings. The molecule has 0 bridgehead atoms. The first-order chi connectivity index (χ1) is 12.7. The maximum Gasteiger partial charge on any atom is 0.261 e. The Balaban J connectivity index is 1.81. The fraction of sp³-hybridized carbons (Fsp3) is 0.300. The van der Waals surface area contributed by atoms with Gasteiger partial charge in [-0.1, -0.05) is 0 Å². The third-order valence-corrected chi connectivity index (χ3v) is 5.06. The summed E-state index contributed by atoms with van der Waals surface area (Å²) in [4.78, 5) is 30.2. The topological polar surface area (TPSA) is 77.8 Å². The number of hydrogen-bond donors (Lipinski definition) is 3. The summed E-state index contributed by atoms with van der Waals surface area (Å²) in [6.45, 7) is 7.37. The SMILES string of the molecule is Cc1[nH]c(=O)c(C(=O)NCCc2c(C)[nH]c3c(F)cc(F)cc23)c(C)c1C. The van der Waals surface area contributed by atoms with E-state index in [-0.39, 0.29) is 17.6 Å². The Bertz CT molecular complexity index is 1110. The number of H-pyrrole nitrogens is 2. The van der Waals surface area contributed by atoms with Crippen LogP contribution in [0.2, 0.25) is 0 Å². The van der Waals surface area contributed by atoms with Crippen LogP contribution in [0.25, 0.3) is 10.9 Å². The van der Waals surface area contributed by atoms with Crippen LogP contribution in [0.1, 0.15) is 38.4 Å². The van der Waals surface area contributed by atoms with Crippen molar-refractivity contribution in [2.45, 2.75) is 34.1 Å². The van der Waals surface area contributed by atoms with E-state index in [1.54, 1.807) is 20.8 Å². The first-order valence-corrected chi connectivity index (χ1v) is 8.65. The lowest BCUT2D eigenvalue weighted by molar-refractivity contribution is 0.0952. The number of benzene rings is 1. The molecule has 0 spiro atoms. The van der Waals surface area contributed by atoms with E-state index in [0.29, 0.717) is 23.1 Å². The molecule has 5 nitrogen and oxygen atoms in total. The largest absolute Gasteiger partial charge is 0.356 e. The van der Waals surface area contributed by atoms with Gasteiger partial charge in [-0.05, 0) is 56.9 Å². The van der Waals surface area contributed by atoms with Crippen LogP contribution in [0.4, 0.5) is 8.78 Å². The summed E-state index contributed by atoms with van der Waals surface area (Å²) in [7, 11) is 0. The molecular formula is C20H21F2N3O2. The Kier molecular flexibility index (Phi) is 4.87. The van der Waals surface area contributed by atoms with Crippen LogP contribution in [0.5, 0.6) is 0 Å². The summed E-state index contributed by atoms with van der Waals surface area (Å²) in [5, 5.41) is 3.18. The van der Waals surface area contributed by atoms with Crippen LogP contribution in [0.3, 0.4) is 0 Å². The Morgan fingerprint density at radius 2 is 1.74 bits per heavy atom. The Hall–Kier alpha value is -2.96. The monoisotopic (exact) mass is 373 g/mol. The highest BCUT2D eigenvalue weighted by Crippen LogP contribution is 2.25. The second-order valence-corrected chi connectivity index (χ2v) is 6.75. The van der Waals surface area contributed by atoms with Gasteiger partial charge in [0.25, 0.3) is 11.5 Å². The van der Waals surface area contributed by atoms with Crippen LogP contribution < -0.4 is 10.9 Å². The highest BCUT2D eigenvalue weighted by molar-refractivity contribution is 5.95. The normalized spacial score (nSPS) is 11.2. The molecule has 0 aliphatic carbocycles. The van der Waals surface area contributed by atoms with Crippen molar-refractivity contribution in [2.75, 3.05) is 6.54 Å². The molecule has 2 aromatic heterocycles. The first kappa shape index (κ1) is 18.8. The van der Waals surface area contributed by atoms with E-state index in [4.69, 9.17) is 0 Å². The number of hydrogen-bond acceptors (Lipinski definition) is 2. The van der Waals surface area contributed by atoms with Gasteiger partial charge in [0.2, 0.25) is 0 Å². The molecule has 1 amide bonds. The predicted molar refractivity (Wildman–Crippen MR) is 100 cm³/mol. The molecule has 3 rings (SSSR count). The number of pyridine rings is 1. The number of carbonyl (C=O) groups is 1. The number of aryl methyl sites for hydroxylation is 2. The Morgan fingerprint density at radius 1 is 1.04 bits per heavy atom. The summed E-state index contributed by atoms with van der Waals surface area (Å²) in [5.74, 6) is -1.77. The van der Waals surface area contributed by atoms with E-state index in [1.165, 1.54) is 6.07 Å². The summed E-state index contributed by atoms with van der Waals surface area (Å²) in [5.41, 5.74) is 3.58. The maximum atomic E-state index is 13.9. The average molecular weight is 373 g/mol. The number of halogens is 2. The van der Waals surface area contributed by atoms with Gasteiger partial charge in [-0.2, -0.15) is 0 Å². The molecule has 7 heteroatoms. The predicted octanol–water partition coefficient (Wildman–Crippen LogP) is 3.34. The molecule has 0 saturated heterocycles. The molecule has 0 aliphatic heterocycles. The maximum absolute atomic E-state index is 13.9. The van der Waals surface area contributed by atoms with Crippen LogP contribution in [0, 0.1) is 39.3 Å². The number of nitrogens with one attached hydrogen (secondary N) is 3. The minimum absolute atomic E-state index is 0.0887. The molecule has 0 aliphatic rings. The second kappa shape index (κ2) is 6.98. The van der Waals surface area contributed by atoms with Crippen LogP contribution in [0.15, 0.2) is 16.9 Å². The average Bonchev–Trinajstić information content (AvgIpc) is 2.89. The van der Waals surface area contributed by atoms with Crippen LogP contribution >= 0.6 is 0 Å². The summed E-state index contributed by atoms with van der Waals surface area (Å²) in [6.07, 6.45) is 0.377. The number of amides is 1. The number of rotatable bonds is 4. The van der Waals surface area contributed by atoms with Crippen molar-refractivity contribution in [3.63, 3.8) is 0 Å². The van der Waals surface area contributed by atoms with Gasteiger partial charge in [0.1, 0.15) is 17.2 Å². The molecule has 0 unspecified atom stereocenters. The zero-order valence-corrected chi connectivity index (χ0v) is 15.6. The Labute approximate surface area is 154 Å². The van der Waals surface area contributed by atoms with Crippen molar-refractivity contribution in [3.05, 3.63) is 67.8 Å². The van der Waals surface area contributed by atoms with E-state index in [9.17, 15) is 18.4 Å². The van der Waals surface area contributed by atoms with Crippen molar-refractivity contribution in [1.82, 2.24) is 15.3 Å². The standard InChI is InChI=1S/C20H21F2N3O2/c1-9-10(2)17(20(27)25-11(9)3)19(26)23-6-5-14-12(4)24-18-15(14)7-13(21)8-16(18)22/h7-8,24H,5-6H2,1-4H3,(H,23,26)(H,25,27). The lowest BCUT2D eigenvalue weighted by Gasteiger charge is -2.11. The van der Waals surface area contributed by atoms with Gasteiger partial charge in [0, 0.05) is 29.4 Å². The highest BCUT2D eigenvalue weighted by Gasteiger charge is 2.18. The van der Waals surface area contributed by atoms with E-state index < -0.39 is 23.1 Å². The van der Waals surface area contributed by atoms with Gasteiger partial charge in [-0.25, -0.2) is 8.78 Å². The van der Waals surface area contributed by atoms with Crippen molar-refractivity contribution in [2.24, 2.45) is 0 Å². The van der Waals surface area contributed by atoms with Gasteiger partial charge >= 0.3 is 0 Å². The molecule has 2 heterocycles.